The summed E-state index contributed by atoms with van der Waals surface area (Å²) in [5.74, 6) is 1.59. The van der Waals surface area contributed by atoms with Gasteiger partial charge in [0, 0.05) is 12.0 Å². The summed E-state index contributed by atoms with van der Waals surface area (Å²) < 4.78 is 10.9. The molecule has 0 aliphatic heterocycles. The lowest BCUT2D eigenvalue weighted by Crippen LogP contribution is -2.34. The number of ether oxygens (including phenoxy) is 1. The smallest absolute Gasteiger partial charge is 0.261 e. The second kappa shape index (κ2) is 7.06. The topological polar surface area (TPSA) is 77.2 Å². The van der Waals surface area contributed by atoms with Gasteiger partial charge in [0.15, 0.2) is 12.4 Å². The van der Waals surface area contributed by atoms with E-state index in [0.717, 1.165) is 0 Å². The zero-order valence-corrected chi connectivity index (χ0v) is 13.3. The molecule has 0 aliphatic rings. The first-order valence-corrected chi connectivity index (χ1v) is 7.32. The molecule has 118 valence electrons. The van der Waals surface area contributed by atoms with Gasteiger partial charge in [-0.1, -0.05) is 31.1 Å². The van der Waals surface area contributed by atoms with Crippen molar-refractivity contribution in [3.05, 3.63) is 30.1 Å². The molecule has 0 atom stereocenters. The summed E-state index contributed by atoms with van der Waals surface area (Å²) >= 11 is 0. The number of amides is 1. The van der Waals surface area contributed by atoms with Crippen LogP contribution < -0.4 is 10.1 Å². The zero-order valence-electron chi connectivity index (χ0n) is 13.3. The minimum Gasteiger partial charge on any atom is -0.483 e. The van der Waals surface area contributed by atoms with Gasteiger partial charge in [0.05, 0.1) is 5.56 Å². The number of rotatable bonds is 6. The van der Waals surface area contributed by atoms with Crippen molar-refractivity contribution in [2.45, 2.75) is 39.7 Å². The minimum absolute atomic E-state index is 0.0552. The van der Waals surface area contributed by atoms with E-state index < -0.39 is 0 Å². The number of hydrogen-bond donors (Lipinski definition) is 1. The van der Waals surface area contributed by atoms with Crippen LogP contribution in [0.15, 0.2) is 28.8 Å². The molecule has 0 radical (unpaired) electrons. The fourth-order valence-electron chi connectivity index (χ4n) is 1.85. The number of carbonyl (C=O) groups is 1. The molecule has 0 aliphatic carbocycles. The van der Waals surface area contributed by atoms with E-state index in [1.54, 1.807) is 6.07 Å². The van der Waals surface area contributed by atoms with Crippen molar-refractivity contribution in [2.75, 3.05) is 6.61 Å². The Labute approximate surface area is 129 Å². The van der Waals surface area contributed by atoms with Gasteiger partial charge in [0.1, 0.15) is 5.75 Å². The van der Waals surface area contributed by atoms with Crippen molar-refractivity contribution in [1.82, 2.24) is 15.5 Å². The summed E-state index contributed by atoms with van der Waals surface area (Å²) in [6.45, 7) is 7.73. The minimum atomic E-state index is -0.168. The van der Waals surface area contributed by atoms with Crippen molar-refractivity contribution in [3.8, 4) is 17.2 Å². The summed E-state index contributed by atoms with van der Waals surface area (Å²) in [6.07, 6.45) is 0. The normalized spacial score (nSPS) is 11.0. The highest BCUT2D eigenvalue weighted by molar-refractivity contribution is 5.78. The van der Waals surface area contributed by atoms with Crippen molar-refractivity contribution < 1.29 is 14.1 Å². The van der Waals surface area contributed by atoms with Crippen LogP contribution in [-0.2, 0) is 4.79 Å². The van der Waals surface area contributed by atoms with Crippen LogP contribution in [0.2, 0.25) is 0 Å². The molecule has 1 heterocycles. The lowest BCUT2D eigenvalue weighted by molar-refractivity contribution is -0.123. The summed E-state index contributed by atoms with van der Waals surface area (Å²) in [6, 6.07) is 7.37. The van der Waals surface area contributed by atoms with Crippen LogP contribution in [0.1, 0.15) is 39.4 Å². The first-order valence-electron chi connectivity index (χ1n) is 7.32. The highest BCUT2D eigenvalue weighted by atomic mass is 16.5. The Balaban J connectivity index is 2.14. The van der Waals surface area contributed by atoms with Gasteiger partial charge in [-0.2, -0.15) is 4.98 Å². The van der Waals surface area contributed by atoms with Crippen LogP contribution in [0.5, 0.6) is 5.75 Å². The molecule has 2 rings (SSSR count). The second-order valence-electron chi connectivity index (χ2n) is 5.62. The highest BCUT2D eigenvalue weighted by Gasteiger charge is 2.16. The van der Waals surface area contributed by atoms with E-state index in [1.165, 1.54) is 0 Å². The number of hydrogen-bond acceptors (Lipinski definition) is 5. The molecule has 22 heavy (non-hydrogen) atoms. The maximum Gasteiger partial charge on any atom is 0.261 e. The molecule has 1 N–H and O–H groups in total. The van der Waals surface area contributed by atoms with Crippen molar-refractivity contribution in [1.29, 1.82) is 0 Å². The number of aromatic nitrogens is 2. The summed E-state index contributed by atoms with van der Waals surface area (Å²) in [4.78, 5) is 16.0. The Morgan fingerprint density at radius 2 is 2.00 bits per heavy atom. The van der Waals surface area contributed by atoms with Crippen molar-refractivity contribution in [3.63, 3.8) is 0 Å². The predicted octanol–water partition coefficient (Wildman–Crippen LogP) is 2.76. The standard InChI is InChI=1S/C16H21N3O3/c1-10(2)15-18-16(22-19-15)12-7-5-6-8-13(12)21-9-14(20)17-11(3)4/h5-8,10-11H,9H2,1-4H3,(H,17,20). The SMILES string of the molecule is CC(C)NC(=O)COc1ccccc1-c1nc(C(C)C)no1. The number of para-hydroxylation sites is 1. The molecule has 6 nitrogen and oxygen atoms in total. The van der Waals surface area contributed by atoms with Crippen LogP contribution in [-0.4, -0.2) is 28.7 Å². The Bertz CT molecular complexity index is 635. The molecule has 0 unspecified atom stereocenters. The van der Waals surface area contributed by atoms with Crippen molar-refractivity contribution in [2.24, 2.45) is 0 Å². The third-order valence-corrected chi connectivity index (χ3v) is 2.88. The second-order valence-corrected chi connectivity index (χ2v) is 5.62. The summed E-state index contributed by atoms with van der Waals surface area (Å²) in [5.41, 5.74) is 0.680. The van der Waals surface area contributed by atoms with E-state index in [4.69, 9.17) is 9.26 Å². The van der Waals surface area contributed by atoms with Gasteiger partial charge in [0.25, 0.3) is 11.8 Å². The van der Waals surface area contributed by atoms with Gasteiger partial charge in [-0.05, 0) is 26.0 Å². The van der Waals surface area contributed by atoms with Gasteiger partial charge < -0.3 is 14.6 Å². The van der Waals surface area contributed by atoms with E-state index in [1.807, 2.05) is 45.9 Å². The van der Waals surface area contributed by atoms with Crippen LogP contribution in [0.4, 0.5) is 0 Å². The van der Waals surface area contributed by atoms with Gasteiger partial charge >= 0.3 is 0 Å². The number of carbonyl (C=O) groups excluding carboxylic acids is 1. The maximum absolute atomic E-state index is 11.7. The van der Waals surface area contributed by atoms with Crippen molar-refractivity contribution >= 4 is 5.91 Å². The summed E-state index contributed by atoms with van der Waals surface area (Å²) in [5, 5.41) is 6.72. The quantitative estimate of drug-likeness (QED) is 0.888. The Hall–Kier alpha value is -2.37. The first-order chi connectivity index (χ1) is 10.5. The lowest BCUT2D eigenvalue weighted by atomic mass is 10.2. The van der Waals surface area contributed by atoms with Crippen LogP contribution >= 0.6 is 0 Å². The van der Waals surface area contributed by atoms with Gasteiger partial charge in [0.2, 0.25) is 0 Å². The maximum atomic E-state index is 11.7. The molecule has 1 aromatic carbocycles. The van der Waals surface area contributed by atoms with E-state index >= 15 is 0 Å². The number of benzene rings is 1. The molecule has 0 saturated heterocycles. The summed E-state index contributed by atoms with van der Waals surface area (Å²) in [7, 11) is 0. The fraction of sp³-hybridized carbons (Fsp3) is 0.438. The van der Waals surface area contributed by atoms with Crippen LogP contribution in [0.25, 0.3) is 11.5 Å². The molecule has 0 spiro atoms. The van der Waals surface area contributed by atoms with Gasteiger partial charge in [-0.25, -0.2) is 0 Å². The molecule has 1 amide bonds. The molecule has 1 aromatic heterocycles. The lowest BCUT2D eigenvalue weighted by Gasteiger charge is -2.11. The van der Waals surface area contributed by atoms with E-state index in [2.05, 4.69) is 15.5 Å². The predicted molar refractivity (Wildman–Crippen MR) is 82.6 cm³/mol. The number of nitrogens with zero attached hydrogens (tertiary/aromatic N) is 2. The van der Waals surface area contributed by atoms with Crippen LogP contribution in [0.3, 0.4) is 0 Å². The van der Waals surface area contributed by atoms with E-state index in [9.17, 15) is 4.79 Å². The molecular formula is C16H21N3O3. The van der Waals surface area contributed by atoms with Gasteiger partial charge in [-0.15, -0.1) is 0 Å². The average Bonchev–Trinajstić information content (AvgIpc) is 2.94. The van der Waals surface area contributed by atoms with E-state index in [0.29, 0.717) is 23.0 Å². The molecule has 0 bridgehead atoms. The number of nitrogens with one attached hydrogen (secondary N) is 1. The molecule has 0 saturated carbocycles. The van der Waals surface area contributed by atoms with Gasteiger partial charge in [-0.3, -0.25) is 4.79 Å². The highest BCUT2D eigenvalue weighted by Crippen LogP contribution is 2.29. The third kappa shape index (κ3) is 4.07. The Morgan fingerprint density at radius 1 is 1.27 bits per heavy atom. The average molecular weight is 303 g/mol. The molecular weight excluding hydrogens is 282 g/mol. The monoisotopic (exact) mass is 303 g/mol. The fourth-order valence-corrected chi connectivity index (χ4v) is 1.85. The Kier molecular flexibility index (Phi) is 5.14. The largest absolute Gasteiger partial charge is 0.483 e. The molecule has 2 aromatic rings. The first kappa shape index (κ1) is 16.0. The molecule has 0 fully saturated rings. The zero-order chi connectivity index (χ0) is 16.1. The van der Waals surface area contributed by atoms with E-state index in [-0.39, 0.29) is 24.5 Å². The van der Waals surface area contributed by atoms with Crippen LogP contribution in [0, 0.1) is 0 Å². The Morgan fingerprint density at radius 3 is 2.64 bits per heavy atom. The molecule has 6 heteroatoms. The third-order valence-electron chi connectivity index (χ3n) is 2.88.